The Bertz CT molecular complexity index is 691. The minimum Gasteiger partial charge on any atom is -0.477 e. The molecule has 1 aliphatic carbocycles. The van der Waals surface area contributed by atoms with Crippen molar-refractivity contribution in [2.45, 2.75) is 25.3 Å². The van der Waals surface area contributed by atoms with Crippen LogP contribution in [0.3, 0.4) is 0 Å². The van der Waals surface area contributed by atoms with Crippen molar-refractivity contribution in [1.29, 1.82) is 0 Å². The van der Waals surface area contributed by atoms with Crippen LogP contribution in [-0.4, -0.2) is 23.7 Å². The van der Waals surface area contributed by atoms with E-state index in [1.165, 1.54) is 25.8 Å². The van der Waals surface area contributed by atoms with Gasteiger partial charge in [0.1, 0.15) is 5.56 Å². The summed E-state index contributed by atoms with van der Waals surface area (Å²) in [7, 11) is 0. The highest BCUT2D eigenvalue weighted by Crippen LogP contribution is 2.25. The Hall–Kier alpha value is -2.20. The number of nitrogens with one attached hydrogen (secondary N) is 1. The fourth-order valence-electron chi connectivity index (χ4n) is 3.20. The molecule has 3 heterocycles. The predicted molar refractivity (Wildman–Crippen MR) is 84.8 cm³/mol. The number of aromatic carboxylic acids is 1. The van der Waals surface area contributed by atoms with Gasteiger partial charge in [-0.05, 0) is 43.9 Å². The Morgan fingerprint density at radius 3 is 2.86 bits per heavy atom. The number of fused-ring (bicyclic) bond motifs is 2. The van der Waals surface area contributed by atoms with Crippen LogP contribution in [-0.2, 0) is 0 Å². The second-order valence-corrected chi connectivity index (χ2v) is 5.75. The van der Waals surface area contributed by atoms with Gasteiger partial charge in [0.15, 0.2) is 12.4 Å². The minimum absolute atomic E-state index is 0.322. The molecule has 0 aromatic carbocycles. The normalized spacial score (nSPS) is 22.7. The summed E-state index contributed by atoms with van der Waals surface area (Å²) in [6.45, 7) is 1.24. The summed E-state index contributed by atoms with van der Waals surface area (Å²) in [6, 6.07) is 9.51. The van der Waals surface area contributed by atoms with Crippen LogP contribution in [0.15, 0.2) is 54.9 Å². The van der Waals surface area contributed by atoms with E-state index in [-0.39, 0.29) is 0 Å². The van der Waals surface area contributed by atoms with Crippen LogP contribution < -0.4 is 9.72 Å². The van der Waals surface area contributed by atoms with Crippen LogP contribution in [0.1, 0.15) is 29.6 Å². The lowest BCUT2D eigenvalue weighted by Crippen LogP contribution is -2.25. The van der Waals surface area contributed by atoms with Gasteiger partial charge in [0.05, 0.1) is 0 Å². The van der Waals surface area contributed by atoms with Crippen molar-refractivity contribution in [1.82, 2.24) is 5.32 Å². The second-order valence-electron chi connectivity index (χ2n) is 5.75. The van der Waals surface area contributed by atoms with Crippen molar-refractivity contribution in [2.24, 2.45) is 5.92 Å². The number of allylic oxidation sites excluding steroid dienone is 1. The molecular formula is C18H21N2O2+. The number of pyridine rings is 2. The summed E-state index contributed by atoms with van der Waals surface area (Å²) in [5, 5.41) is 12.3. The van der Waals surface area contributed by atoms with Gasteiger partial charge in [-0.25, -0.2) is 4.79 Å². The quantitative estimate of drug-likeness (QED) is 0.628. The topological polar surface area (TPSA) is 53.4 Å². The highest BCUT2D eigenvalue weighted by Gasteiger charge is 2.25. The van der Waals surface area contributed by atoms with Crippen LogP contribution >= 0.6 is 0 Å². The van der Waals surface area contributed by atoms with E-state index >= 15 is 0 Å². The zero-order valence-corrected chi connectivity index (χ0v) is 12.5. The van der Waals surface area contributed by atoms with Crippen molar-refractivity contribution in [3.05, 3.63) is 60.4 Å². The molecule has 0 amide bonds. The van der Waals surface area contributed by atoms with Crippen LogP contribution in [0, 0.1) is 5.92 Å². The minimum atomic E-state index is -0.899. The zero-order chi connectivity index (χ0) is 15.4. The molecule has 0 radical (unpaired) electrons. The molecule has 114 valence electrons. The molecule has 4 rings (SSSR count). The lowest BCUT2D eigenvalue weighted by atomic mass is 9.91. The number of aromatic nitrogens is 1. The Labute approximate surface area is 130 Å². The maximum absolute atomic E-state index is 10.8. The van der Waals surface area contributed by atoms with E-state index in [1.807, 2.05) is 24.5 Å². The molecule has 2 aliphatic rings. The standard InChI is InChI=1S/C10H7NO2.C8H13N/c12-10(13)8-4-3-7-11-6-2-1-5-9(8)11;1-2-4-8-7(3-1)5-6-9-8/h1-7H;2,4,7-9H,1,3,5-6H2/p+1. The first-order valence-electron chi connectivity index (χ1n) is 7.78. The van der Waals surface area contributed by atoms with E-state index < -0.39 is 5.97 Å². The van der Waals surface area contributed by atoms with Gasteiger partial charge in [-0.15, -0.1) is 0 Å². The van der Waals surface area contributed by atoms with Gasteiger partial charge in [-0.1, -0.05) is 12.2 Å². The van der Waals surface area contributed by atoms with Gasteiger partial charge in [0.25, 0.3) is 0 Å². The molecule has 1 aliphatic heterocycles. The van der Waals surface area contributed by atoms with E-state index in [0.717, 1.165) is 12.0 Å². The SMILES string of the molecule is C1=CC2NCCC2CC1.O=C(O)c1ccc[n+]2ccccc12. The summed E-state index contributed by atoms with van der Waals surface area (Å²) in [5.74, 6) is 0.0688. The molecule has 4 heteroatoms. The summed E-state index contributed by atoms with van der Waals surface area (Å²) in [6.07, 6.45) is 12.4. The van der Waals surface area contributed by atoms with Crippen LogP contribution in [0.25, 0.3) is 5.52 Å². The number of hydrogen-bond donors (Lipinski definition) is 2. The average Bonchev–Trinajstić information content (AvgIpc) is 3.03. The summed E-state index contributed by atoms with van der Waals surface area (Å²) >= 11 is 0. The van der Waals surface area contributed by atoms with Gasteiger partial charge < -0.3 is 10.4 Å². The molecule has 22 heavy (non-hydrogen) atoms. The van der Waals surface area contributed by atoms with Crippen LogP contribution in [0.5, 0.6) is 0 Å². The number of carboxylic acid groups (broad SMARTS) is 1. The van der Waals surface area contributed by atoms with E-state index in [2.05, 4.69) is 17.5 Å². The molecule has 2 N–H and O–H groups in total. The van der Waals surface area contributed by atoms with Crippen LogP contribution in [0.2, 0.25) is 0 Å². The molecule has 1 fully saturated rings. The molecule has 2 atom stereocenters. The number of rotatable bonds is 1. The van der Waals surface area contributed by atoms with E-state index in [4.69, 9.17) is 5.11 Å². The molecule has 2 aromatic heterocycles. The molecule has 4 nitrogen and oxygen atoms in total. The van der Waals surface area contributed by atoms with Crippen molar-refractivity contribution in [3.63, 3.8) is 0 Å². The van der Waals surface area contributed by atoms with Gasteiger partial charge in [0, 0.05) is 24.2 Å². The summed E-state index contributed by atoms with van der Waals surface area (Å²) < 4.78 is 1.78. The maximum Gasteiger partial charge on any atom is 0.342 e. The first-order chi connectivity index (χ1) is 10.8. The Balaban J connectivity index is 0.000000139. The van der Waals surface area contributed by atoms with Gasteiger partial charge in [-0.2, -0.15) is 4.40 Å². The third-order valence-corrected chi connectivity index (χ3v) is 4.36. The van der Waals surface area contributed by atoms with E-state index in [0.29, 0.717) is 11.1 Å². The van der Waals surface area contributed by atoms with Gasteiger partial charge >= 0.3 is 5.97 Å². The van der Waals surface area contributed by atoms with E-state index in [9.17, 15) is 4.79 Å². The largest absolute Gasteiger partial charge is 0.477 e. The second kappa shape index (κ2) is 6.71. The number of carbonyl (C=O) groups is 1. The van der Waals surface area contributed by atoms with E-state index in [1.54, 1.807) is 22.6 Å². The smallest absolute Gasteiger partial charge is 0.342 e. The number of hydrogen-bond acceptors (Lipinski definition) is 2. The van der Waals surface area contributed by atoms with Crippen molar-refractivity contribution < 1.29 is 14.3 Å². The van der Waals surface area contributed by atoms with Crippen molar-refractivity contribution in [3.8, 4) is 0 Å². The van der Waals surface area contributed by atoms with Gasteiger partial charge in [0.2, 0.25) is 5.52 Å². The monoisotopic (exact) mass is 297 g/mol. The summed E-state index contributed by atoms with van der Waals surface area (Å²) in [5.41, 5.74) is 1.03. The number of nitrogens with zero attached hydrogens (tertiary/aromatic N) is 1. The summed E-state index contributed by atoms with van der Waals surface area (Å²) in [4.78, 5) is 10.8. The van der Waals surface area contributed by atoms with Crippen LogP contribution in [0.4, 0.5) is 0 Å². The lowest BCUT2D eigenvalue weighted by Gasteiger charge is -2.18. The Morgan fingerprint density at radius 1 is 1.18 bits per heavy atom. The Morgan fingerprint density at radius 2 is 2.05 bits per heavy atom. The predicted octanol–water partition coefficient (Wildman–Crippen LogP) is 2.44. The maximum atomic E-state index is 10.8. The van der Waals surface area contributed by atoms with Crippen molar-refractivity contribution >= 4 is 11.5 Å². The molecule has 0 bridgehead atoms. The average molecular weight is 297 g/mol. The third kappa shape index (κ3) is 3.17. The fourth-order valence-corrected chi connectivity index (χ4v) is 3.20. The lowest BCUT2D eigenvalue weighted by molar-refractivity contribution is -0.512. The first-order valence-corrected chi connectivity index (χ1v) is 7.78. The number of carboxylic acids is 1. The first kappa shape index (κ1) is 14.7. The molecule has 0 saturated carbocycles. The highest BCUT2D eigenvalue weighted by molar-refractivity contribution is 5.94. The van der Waals surface area contributed by atoms with Gasteiger partial charge in [-0.3, -0.25) is 0 Å². The fraction of sp³-hybridized carbons (Fsp3) is 0.333. The molecule has 2 unspecified atom stereocenters. The third-order valence-electron chi connectivity index (χ3n) is 4.36. The molecule has 1 saturated heterocycles. The van der Waals surface area contributed by atoms with Crippen molar-refractivity contribution in [2.75, 3.05) is 6.54 Å². The zero-order valence-electron chi connectivity index (χ0n) is 12.5. The molecular weight excluding hydrogens is 276 g/mol. The molecule has 2 aromatic rings. The molecule has 0 spiro atoms. The Kier molecular flexibility index (Phi) is 4.49. The highest BCUT2D eigenvalue weighted by atomic mass is 16.4.